The van der Waals surface area contributed by atoms with E-state index in [-0.39, 0.29) is 18.0 Å². The SMILES string of the molecule is COC(=O)Cn1c(=NC(=O)C2CCCN2S(=O)(=O)c2ccc(OC)cc2)sc2cc(C)c(C)cc21. The minimum atomic E-state index is -3.90. The van der Waals surface area contributed by atoms with E-state index in [1.807, 2.05) is 26.0 Å². The molecule has 1 amide bonds. The second kappa shape index (κ2) is 9.92. The fourth-order valence-electron chi connectivity index (χ4n) is 4.08. The Balaban J connectivity index is 1.73. The van der Waals surface area contributed by atoms with Crippen molar-refractivity contribution < 1.29 is 27.5 Å². The van der Waals surface area contributed by atoms with Crippen molar-refractivity contribution in [3.63, 3.8) is 0 Å². The smallest absolute Gasteiger partial charge is 0.325 e. The first kappa shape index (κ1) is 25.1. The molecule has 3 aromatic rings. The van der Waals surface area contributed by atoms with Gasteiger partial charge in [-0.25, -0.2) is 8.42 Å². The lowest BCUT2D eigenvalue weighted by atomic mass is 10.1. The number of hydrogen-bond donors (Lipinski definition) is 0. The van der Waals surface area contributed by atoms with Crippen LogP contribution in [0.25, 0.3) is 10.2 Å². The van der Waals surface area contributed by atoms with Crippen LogP contribution in [0.4, 0.5) is 0 Å². The van der Waals surface area contributed by atoms with Crippen molar-refractivity contribution in [3.8, 4) is 5.75 Å². The molecular formula is C24H27N3O6S2. The summed E-state index contributed by atoms with van der Waals surface area (Å²) in [5.41, 5.74) is 2.89. The van der Waals surface area contributed by atoms with Gasteiger partial charge >= 0.3 is 5.97 Å². The molecule has 1 aliphatic rings. The Bertz CT molecular complexity index is 1450. The van der Waals surface area contributed by atoms with E-state index in [0.29, 0.717) is 23.4 Å². The number of methoxy groups -OCH3 is 2. The Morgan fingerprint density at radius 1 is 1.11 bits per heavy atom. The van der Waals surface area contributed by atoms with Gasteiger partial charge in [-0.3, -0.25) is 9.59 Å². The first-order chi connectivity index (χ1) is 16.6. The highest BCUT2D eigenvalue weighted by Gasteiger charge is 2.39. The number of sulfonamides is 1. The second-order valence-corrected chi connectivity index (χ2v) is 11.3. The summed E-state index contributed by atoms with van der Waals surface area (Å²) in [7, 11) is -1.10. The van der Waals surface area contributed by atoms with Gasteiger partial charge in [0.25, 0.3) is 5.91 Å². The van der Waals surface area contributed by atoms with Gasteiger partial charge in [-0.2, -0.15) is 9.30 Å². The molecule has 9 nitrogen and oxygen atoms in total. The number of fused-ring (bicyclic) bond motifs is 1. The van der Waals surface area contributed by atoms with Crippen molar-refractivity contribution >= 4 is 43.5 Å². The molecule has 2 aromatic carbocycles. The Kier molecular flexibility index (Phi) is 7.11. The zero-order valence-corrected chi connectivity index (χ0v) is 21.6. The number of ether oxygens (including phenoxy) is 2. The summed E-state index contributed by atoms with van der Waals surface area (Å²) < 4.78 is 40.3. The summed E-state index contributed by atoms with van der Waals surface area (Å²) in [6.07, 6.45) is 0.923. The van der Waals surface area contributed by atoms with Crippen LogP contribution in [0.1, 0.15) is 24.0 Å². The molecule has 186 valence electrons. The van der Waals surface area contributed by atoms with Gasteiger partial charge in [-0.1, -0.05) is 11.3 Å². The van der Waals surface area contributed by atoms with Crippen LogP contribution in [0, 0.1) is 13.8 Å². The molecule has 35 heavy (non-hydrogen) atoms. The van der Waals surface area contributed by atoms with E-state index in [1.165, 1.54) is 42.0 Å². The van der Waals surface area contributed by atoms with Crippen LogP contribution in [-0.2, 0) is 30.9 Å². The summed E-state index contributed by atoms with van der Waals surface area (Å²) in [4.78, 5) is 30.1. The number of nitrogens with zero attached hydrogens (tertiary/aromatic N) is 3. The van der Waals surface area contributed by atoms with Crippen LogP contribution in [0.2, 0.25) is 0 Å². The van der Waals surface area contributed by atoms with Crippen molar-refractivity contribution in [2.24, 2.45) is 4.99 Å². The topological polar surface area (TPSA) is 107 Å². The van der Waals surface area contributed by atoms with E-state index in [9.17, 15) is 18.0 Å². The molecule has 0 aliphatic carbocycles. The highest BCUT2D eigenvalue weighted by atomic mass is 32.2. The van der Waals surface area contributed by atoms with Crippen molar-refractivity contribution in [3.05, 3.63) is 52.3 Å². The normalized spacial score (nSPS) is 17.1. The van der Waals surface area contributed by atoms with Gasteiger partial charge in [-0.05, 0) is 74.2 Å². The third-order valence-electron chi connectivity index (χ3n) is 6.17. The zero-order chi connectivity index (χ0) is 25.3. The van der Waals surface area contributed by atoms with E-state index >= 15 is 0 Å². The first-order valence-electron chi connectivity index (χ1n) is 11.1. The van der Waals surface area contributed by atoms with E-state index in [4.69, 9.17) is 9.47 Å². The molecule has 1 aliphatic heterocycles. The number of aryl methyl sites for hydroxylation is 2. The van der Waals surface area contributed by atoms with E-state index < -0.39 is 27.9 Å². The average molecular weight is 518 g/mol. The maximum absolute atomic E-state index is 13.3. The third-order valence-corrected chi connectivity index (χ3v) is 9.14. The fraction of sp³-hybridized carbons (Fsp3) is 0.375. The largest absolute Gasteiger partial charge is 0.497 e. The Labute approximate surface area is 207 Å². The average Bonchev–Trinajstić information content (AvgIpc) is 3.46. The maximum atomic E-state index is 13.3. The number of esters is 1. The van der Waals surface area contributed by atoms with Gasteiger partial charge in [0.05, 0.1) is 29.3 Å². The van der Waals surface area contributed by atoms with Crippen LogP contribution in [0.15, 0.2) is 46.3 Å². The molecule has 0 radical (unpaired) electrons. The molecule has 0 saturated carbocycles. The number of carbonyl (C=O) groups excluding carboxylic acids is 2. The number of aromatic nitrogens is 1. The molecule has 1 aromatic heterocycles. The predicted octanol–water partition coefficient (Wildman–Crippen LogP) is 2.78. The second-order valence-electron chi connectivity index (χ2n) is 8.35. The number of amides is 1. The fourth-order valence-corrected chi connectivity index (χ4v) is 6.85. The number of carbonyl (C=O) groups is 2. The number of benzene rings is 2. The number of hydrogen-bond acceptors (Lipinski definition) is 7. The van der Waals surface area contributed by atoms with Crippen LogP contribution >= 0.6 is 11.3 Å². The zero-order valence-electron chi connectivity index (χ0n) is 20.0. The molecule has 1 fully saturated rings. The molecule has 1 saturated heterocycles. The lowest BCUT2D eigenvalue weighted by Crippen LogP contribution is -2.40. The van der Waals surface area contributed by atoms with E-state index in [0.717, 1.165) is 21.3 Å². The third kappa shape index (κ3) is 4.89. The highest BCUT2D eigenvalue weighted by molar-refractivity contribution is 7.89. The molecule has 2 heterocycles. The summed E-state index contributed by atoms with van der Waals surface area (Å²) in [5, 5.41) is 0. The van der Waals surface area contributed by atoms with Crippen LogP contribution < -0.4 is 9.54 Å². The van der Waals surface area contributed by atoms with Gasteiger partial charge in [0.15, 0.2) is 4.80 Å². The van der Waals surface area contributed by atoms with Crippen LogP contribution in [0.3, 0.4) is 0 Å². The van der Waals surface area contributed by atoms with E-state index in [2.05, 4.69) is 4.99 Å². The van der Waals surface area contributed by atoms with Crippen LogP contribution in [-0.4, -0.2) is 56.0 Å². The molecular weight excluding hydrogens is 490 g/mol. The van der Waals surface area contributed by atoms with Crippen molar-refractivity contribution in [2.45, 2.75) is 44.2 Å². The minimum absolute atomic E-state index is 0.0894. The minimum Gasteiger partial charge on any atom is -0.497 e. The summed E-state index contributed by atoms with van der Waals surface area (Å²) in [6, 6.07) is 9.09. The molecule has 0 N–H and O–H groups in total. The predicted molar refractivity (Wildman–Crippen MR) is 132 cm³/mol. The van der Waals surface area contributed by atoms with E-state index in [1.54, 1.807) is 16.7 Å². The molecule has 4 rings (SSSR count). The van der Waals surface area contributed by atoms with Gasteiger partial charge in [0, 0.05) is 6.54 Å². The number of thiazole rings is 1. The molecule has 0 spiro atoms. The Morgan fingerprint density at radius 2 is 1.80 bits per heavy atom. The van der Waals surface area contributed by atoms with Crippen molar-refractivity contribution in [1.82, 2.24) is 8.87 Å². The first-order valence-corrected chi connectivity index (χ1v) is 13.3. The van der Waals surface area contributed by atoms with Gasteiger partial charge in [0.2, 0.25) is 10.0 Å². The molecule has 0 bridgehead atoms. The molecule has 1 unspecified atom stereocenters. The van der Waals surface area contributed by atoms with Crippen LogP contribution in [0.5, 0.6) is 5.75 Å². The lowest BCUT2D eigenvalue weighted by Gasteiger charge is -2.21. The standard InChI is InChI=1S/C24H27N3O6S2/c1-15-12-20-21(13-16(15)2)34-24(26(20)14-22(28)33-4)25-23(29)19-6-5-11-27(19)35(30,31)18-9-7-17(32-3)8-10-18/h7-10,12-13,19H,5-6,11,14H2,1-4H3. The Morgan fingerprint density at radius 3 is 2.46 bits per heavy atom. The maximum Gasteiger partial charge on any atom is 0.325 e. The van der Waals surface area contributed by atoms with Gasteiger partial charge in [0.1, 0.15) is 18.3 Å². The summed E-state index contributed by atoms with van der Waals surface area (Å²) in [6.45, 7) is 4.08. The lowest BCUT2D eigenvalue weighted by molar-refractivity contribution is -0.141. The molecule has 11 heteroatoms. The van der Waals surface area contributed by atoms with Gasteiger partial charge < -0.3 is 14.0 Å². The molecule has 1 atom stereocenters. The highest BCUT2D eigenvalue weighted by Crippen LogP contribution is 2.28. The number of rotatable bonds is 6. The summed E-state index contributed by atoms with van der Waals surface area (Å²) >= 11 is 1.28. The van der Waals surface area contributed by atoms with Crippen molar-refractivity contribution in [2.75, 3.05) is 20.8 Å². The monoisotopic (exact) mass is 517 g/mol. The Hall–Kier alpha value is -3.02. The summed E-state index contributed by atoms with van der Waals surface area (Å²) in [5.74, 6) is -0.488. The van der Waals surface area contributed by atoms with Gasteiger partial charge in [-0.15, -0.1) is 0 Å². The van der Waals surface area contributed by atoms with Crippen molar-refractivity contribution in [1.29, 1.82) is 0 Å². The quantitative estimate of drug-likeness (QED) is 0.466.